The van der Waals surface area contributed by atoms with Crippen LogP contribution in [0.5, 0.6) is 0 Å². The van der Waals surface area contributed by atoms with Crippen LogP contribution in [0.1, 0.15) is 55.4 Å². The smallest absolute Gasteiger partial charge is 0.300 e. The van der Waals surface area contributed by atoms with E-state index in [9.17, 15) is 22.0 Å². The number of allylic oxidation sites excluding steroid dienone is 7. The van der Waals surface area contributed by atoms with Crippen LogP contribution in [0, 0.1) is 29.9 Å². The minimum atomic E-state index is -4.55. The summed E-state index contributed by atoms with van der Waals surface area (Å²) in [6.07, 6.45) is 11.1. The van der Waals surface area contributed by atoms with E-state index in [1.165, 1.54) is 24.3 Å². The molecule has 0 spiro atoms. The number of aliphatic imine (C=N–C) groups is 3. The highest BCUT2D eigenvalue weighted by Gasteiger charge is 2.33. The van der Waals surface area contributed by atoms with Crippen molar-refractivity contribution in [1.82, 2.24) is 0 Å². The number of dihydropyridines is 1. The fraction of sp³-hybridized carbons (Fsp3) is 0.242. The van der Waals surface area contributed by atoms with Crippen LogP contribution in [0.15, 0.2) is 92.6 Å². The van der Waals surface area contributed by atoms with Gasteiger partial charge in [-0.3, -0.25) is 15.0 Å². The van der Waals surface area contributed by atoms with E-state index in [0.29, 0.717) is 41.9 Å². The van der Waals surface area contributed by atoms with E-state index in [1.54, 1.807) is 38.4 Å². The molecule has 1 unspecified atom stereocenters. The minimum absolute atomic E-state index is 0.0358. The third kappa shape index (κ3) is 7.85. The third-order valence-electron chi connectivity index (χ3n) is 6.58. The van der Waals surface area contributed by atoms with Crippen molar-refractivity contribution in [3.8, 4) is 12.3 Å². The Morgan fingerprint density at radius 1 is 1.17 bits per heavy atom. The maximum Gasteiger partial charge on any atom is 0.417 e. The van der Waals surface area contributed by atoms with Crippen LogP contribution in [0.3, 0.4) is 0 Å². The van der Waals surface area contributed by atoms with Crippen LogP contribution in [-0.4, -0.2) is 25.7 Å². The van der Waals surface area contributed by atoms with E-state index in [0.717, 1.165) is 17.7 Å². The fourth-order valence-corrected chi connectivity index (χ4v) is 4.41. The predicted octanol–water partition coefficient (Wildman–Crippen LogP) is 8.77. The molecular formula is C33H30F5N3. The molecule has 1 aliphatic rings. The number of unbranched alkanes of at least 4 members (excludes halogenated alkanes) is 1. The van der Waals surface area contributed by atoms with Crippen LogP contribution in [0.25, 0.3) is 5.57 Å². The molecule has 0 saturated carbocycles. The quantitative estimate of drug-likeness (QED) is 0.0962. The first-order valence-electron chi connectivity index (χ1n) is 12.9. The molecular weight excluding hydrogens is 533 g/mol. The third-order valence-corrected chi connectivity index (χ3v) is 6.58. The molecule has 3 nitrogen and oxygen atoms in total. The zero-order valence-corrected chi connectivity index (χ0v) is 23.1. The minimum Gasteiger partial charge on any atom is -0.300 e. The Morgan fingerprint density at radius 2 is 1.93 bits per heavy atom. The van der Waals surface area contributed by atoms with Gasteiger partial charge in [0.1, 0.15) is 0 Å². The Morgan fingerprint density at radius 3 is 2.59 bits per heavy atom. The van der Waals surface area contributed by atoms with Crippen LogP contribution in [0.2, 0.25) is 0 Å². The van der Waals surface area contributed by atoms with Crippen molar-refractivity contribution in [2.45, 2.75) is 39.3 Å². The zero-order valence-electron chi connectivity index (χ0n) is 23.1. The first-order chi connectivity index (χ1) is 19.5. The van der Waals surface area contributed by atoms with Crippen molar-refractivity contribution in [3.05, 3.63) is 112 Å². The average Bonchev–Trinajstić information content (AvgIpc) is 2.94. The Bertz CT molecular complexity index is 1530. The second-order valence-corrected chi connectivity index (χ2v) is 9.46. The number of hydrogen-bond donors (Lipinski definition) is 0. The van der Waals surface area contributed by atoms with Crippen LogP contribution in [-0.2, 0) is 6.18 Å². The average molecular weight is 564 g/mol. The van der Waals surface area contributed by atoms with Gasteiger partial charge in [0.25, 0.3) is 0 Å². The van der Waals surface area contributed by atoms with E-state index in [1.807, 2.05) is 13.0 Å². The fourth-order valence-electron chi connectivity index (χ4n) is 4.41. The summed E-state index contributed by atoms with van der Waals surface area (Å²) in [4.78, 5) is 12.8. The number of alkyl halides is 3. The number of rotatable bonds is 9. The van der Waals surface area contributed by atoms with Gasteiger partial charge in [-0.1, -0.05) is 35.8 Å². The number of hydrogen-bond acceptors (Lipinski definition) is 3. The summed E-state index contributed by atoms with van der Waals surface area (Å²) < 4.78 is 69.1. The molecule has 1 heterocycles. The molecule has 1 aliphatic heterocycles. The lowest BCUT2D eigenvalue weighted by atomic mass is 9.91. The lowest BCUT2D eigenvalue weighted by Gasteiger charge is -2.21. The van der Waals surface area contributed by atoms with Gasteiger partial charge in [-0.25, -0.2) is 8.78 Å². The van der Waals surface area contributed by atoms with E-state index in [-0.39, 0.29) is 22.6 Å². The molecule has 0 radical (unpaired) electrons. The van der Waals surface area contributed by atoms with Gasteiger partial charge in [0.15, 0.2) is 11.6 Å². The molecule has 0 aliphatic carbocycles. The van der Waals surface area contributed by atoms with Crippen molar-refractivity contribution in [1.29, 1.82) is 0 Å². The Hall–Kier alpha value is -4.38. The van der Waals surface area contributed by atoms with Crippen LogP contribution < -0.4 is 0 Å². The summed E-state index contributed by atoms with van der Waals surface area (Å²) in [6.45, 7) is 7.06. The molecule has 41 heavy (non-hydrogen) atoms. The largest absolute Gasteiger partial charge is 0.417 e. The highest BCUT2D eigenvalue weighted by molar-refractivity contribution is 6.11. The van der Waals surface area contributed by atoms with Gasteiger partial charge in [0, 0.05) is 35.8 Å². The predicted molar refractivity (Wildman–Crippen MR) is 157 cm³/mol. The Kier molecular flexibility index (Phi) is 10.5. The maximum atomic E-state index is 14.5. The van der Waals surface area contributed by atoms with E-state index in [4.69, 9.17) is 6.42 Å². The Labute approximate surface area is 237 Å². The lowest BCUT2D eigenvalue weighted by molar-refractivity contribution is -0.137. The molecule has 2 aromatic carbocycles. The number of terminal acetylenes is 1. The summed E-state index contributed by atoms with van der Waals surface area (Å²) in [5, 5.41) is 0. The van der Waals surface area contributed by atoms with Gasteiger partial charge in [-0.15, -0.1) is 6.42 Å². The SMILES string of the molecule is C#Cc1ccc(/C(C)=C/C=C(/CCC/C=C2/N=C(c3cccc(F)c3F)C=C(C)C2C=NC)N=C)c(C(F)(F)F)c1. The van der Waals surface area contributed by atoms with Crippen LogP contribution in [0.4, 0.5) is 22.0 Å². The summed E-state index contributed by atoms with van der Waals surface area (Å²) in [5.41, 5.74) is 2.36. The highest BCUT2D eigenvalue weighted by atomic mass is 19.4. The second-order valence-electron chi connectivity index (χ2n) is 9.46. The second kappa shape index (κ2) is 13.8. The van der Waals surface area contributed by atoms with E-state index in [2.05, 4.69) is 27.6 Å². The van der Waals surface area contributed by atoms with Crippen LogP contribution >= 0.6 is 0 Å². The molecule has 2 aromatic rings. The number of halogens is 5. The van der Waals surface area contributed by atoms with Gasteiger partial charge in [0.05, 0.1) is 17.2 Å². The van der Waals surface area contributed by atoms with Crippen molar-refractivity contribution >= 4 is 24.2 Å². The number of benzene rings is 2. The monoisotopic (exact) mass is 563 g/mol. The van der Waals surface area contributed by atoms with Crippen molar-refractivity contribution < 1.29 is 22.0 Å². The van der Waals surface area contributed by atoms with Crippen molar-refractivity contribution in [3.63, 3.8) is 0 Å². The molecule has 0 N–H and O–H groups in total. The summed E-state index contributed by atoms with van der Waals surface area (Å²) in [7, 11) is 1.65. The number of nitrogens with zero attached hydrogens (tertiary/aromatic N) is 3. The van der Waals surface area contributed by atoms with Gasteiger partial charge in [-0.05, 0) is 87.4 Å². The molecule has 212 valence electrons. The molecule has 0 aromatic heterocycles. The molecule has 0 saturated heterocycles. The Balaban J connectivity index is 1.79. The highest BCUT2D eigenvalue weighted by Crippen LogP contribution is 2.36. The van der Waals surface area contributed by atoms with Gasteiger partial charge < -0.3 is 0 Å². The zero-order chi connectivity index (χ0) is 30.2. The molecule has 8 heteroatoms. The lowest BCUT2D eigenvalue weighted by Crippen LogP contribution is -2.16. The summed E-state index contributed by atoms with van der Waals surface area (Å²) >= 11 is 0. The first-order valence-corrected chi connectivity index (χ1v) is 12.9. The topological polar surface area (TPSA) is 37.1 Å². The molecule has 0 amide bonds. The summed E-state index contributed by atoms with van der Waals surface area (Å²) in [6, 6.07) is 7.78. The van der Waals surface area contributed by atoms with E-state index < -0.39 is 23.4 Å². The standard InChI is InChI=1S/C33H30F5N3/c1-6-23-15-17-25(28(19-23)33(36,37)38)21(2)14-16-24(40-5)10-7-8-13-30-27(20-39-4)22(3)18-31(41-30)26-11-9-12-29(34)32(26)35/h1,9,11-20,27H,5,7-8,10H2,2-4H3/b21-14+,24-16-,30-13+,39-20?. The van der Waals surface area contributed by atoms with Crippen molar-refractivity contribution in [2.75, 3.05) is 7.05 Å². The molecule has 0 bridgehead atoms. The van der Waals surface area contributed by atoms with E-state index >= 15 is 0 Å². The first kappa shape index (κ1) is 31.2. The van der Waals surface area contributed by atoms with Gasteiger partial charge >= 0.3 is 6.18 Å². The molecule has 1 atom stereocenters. The molecule has 0 fully saturated rings. The van der Waals surface area contributed by atoms with Crippen molar-refractivity contribution in [2.24, 2.45) is 20.9 Å². The summed E-state index contributed by atoms with van der Waals surface area (Å²) in [5.74, 6) is 0.127. The normalized spacial score (nSPS) is 17.4. The van der Waals surface area contributed by atoms with Gasteiger partial charge in [-0.2, -0.15) is 13.2 Å². The van der Waals surface area contributed by atoms with Gasteiger partial charge in [0.2, 0.25) is 0 Å². The maximum absolute atomic E-state index is 14.5. The molecule has 3 rings (SSSR count).